The summed E-state index contributed by atoms with van der Waals surface area (Å²) in [6.07, 6.45) is 6.27. The lowest BCUT2D eigenvalue weighted by Gasteiger charge is -2.07. The van der Waals surface area contributed by atoms with Crippen LogP contribution in [0.1, 0.15) is 36.6 Å². The van der Waals surface area contributed by atoms with Crippen molar-refractivity contribution in [2.45, 2.75) is 32.6 Å². The molecule has 2 nitrogen and oxygen atoms in total. The van der Waals surface area contributed by atoms with E-state index in [1.165, 1.54) is 24.0 Å². The minimum absolute atomic E-state index is 0.668. The predicted octanol–water partition coefficient (Wildman–Crippen LogP) is 5.72. The average molecular weight is 300 g/mol. The maximum absolute atomic E-state index is 7.19. The summed E-state index contributed by atoms with van der Waals surface area (Å²) in [5.74, 6) is 0. The molecule has 0 aliphatic rings. The van der Waals surface area contributed by atoms with Gasteiger partial charge in [-0.15, -0.1) is 0 Å². The summed E-state index contributed by atoms with van der Waals surface area (Å²) in [5, 5.41) is 2.22. The van der Waals surface area contributed by atoms with Crippen LogP contribution in [0, 0.1) is 6.57 Å². The molecule has 1 aromatic heterocycles. The third kappa shape index (κ3) is 3.57. The minimum atomic E-state index is 0.668. The quantitative estimate of drug-likeness (QED) is 0.551. The van der Waals surface area contributed by atoms with Gasteiger partial charge in [-0.25, -0.2) is 4.85 Å². The fourth-order valence-electron chi connectivity index (χ4n) is 2.83. The molecule has 2 aromatic carbocycles. The highest BCUT2D eigenvalue weighted by atomic mass is 14.7. The Morgan fingerprint density at radius 1 is 1.00 bits per heavy atom. The molecule has 0 radical (unpaired) electrons. The van der Waals surface area contributed by atoms with Crippen LogP contribution in [-0.2, 0) is 12.8 Å². The first-order valence-electron chi connectivity index (χ1n) is 8.13. The molecule has 3 rings (SSSR count). The van der Waals surface area contributed by atoms with Crippen LogP contribution in [0.5, 0.6) is 0 Å². The first-order chi connectivity index (χ1) is 11.3. The summed E-state index contributed by atoms with van der Waals surface area (Å²) in [6, 6.07) is 16.7. The minimum Gasteiger partial charge on any atom is -0.260 e. The molecule has 2 heteroatoms. The SMILES string of the molecule is [C-]#[N+]c1ccc2ccnc(Cc3ccc(CCCC)cc3)c2c1. The van der Waals surface area contributed by atoms with Crippen LogP contribution >= 0.6 is 0 Å². The molecule has 3 aromatic rings. The van der Waals surface area contributed by atoms with Crippen molar-refractivity contribution in [2.75, 3.05) is 0 Å². The van der Waals surface area contributed by atoms with Crippen molar-refractivity contribution in [3.05, 3.63) is 83.0 Å². The summed E-state index contributed by atoms with van der Waals surface area (Å²) in [7, 11) is 0. The van der Waals surface area contributed by atoms with Gasteiger partial charge in [0.15, 0.2) is 5.69 Å². The Kier molecular flexibility index (Phi) is 4.68. The molecule has 0 unspecified atom stereocenters. The second-order valence-electron chi connectivity index (χ2n) is 5.87. The van der Waals surface area contributed by atoms with Crippen molar-refractivity contribution in [1.29, 1.82) is 0 Å². The molecule has 0 aliphatic heterocycles. The van der Waals surface area contributed by atoms with Crippen LogP contribution in [-0.4, -0.2) is 4.98 Å². The molecule has 0 fully saturated rings. The number of aryl methyl sites for hydroxylation is 1. The summed E-state index contributed by atoms with van der Waals surface area (Å²) >= 11 is 0. The monoisotopic (exact) mass is 300 g/mol. The van der Waals surface area contributed by atoms with Gasteiger partial charge in [0.2, 0.25) is 0 Å². The molecule has 0 aliphatic carbocycles. The molecule has 0 bridgehead atoms. The molecule has 0 saturated carbocycles. The summed E-state index contributed by atoms with van der Waals surface area (Å²) in [6.45, 7) is 9.41. The first kappa shape index (κ1) is 15.2. The zero-order chi connectivity index (χ0) is 16.1. The van der Waals surface area contributed by atoms with Gasteiger partial charge in [0.25, 0.3) is 0 Å². The lowest BCUT2D eigenvalue weighted by Crippen LogP contribution is -1.94. The van der Waals surface area contributed by atoms with Gasteiger partial charge in [0.05, 0.1) is 12.3 Å². The Labute approximate surface area is 137 Å². The Hall–Kier alpha value is -2.66. The number of pyridine rings is 1. The van der Waals surface area contributed by atoms with Gasteiger partial charge >= 0.3 is 0 Å². The van der Waals surface area contributed by atoms with Gasteiger partial charge in [-0.3, -0.25) is 4.98 Å². The van der Waals surface area contributed by atoms with Gasteiger partial charge in [-0.2, -0.15) is 0 Å². The van der Waals surface area contributed by atoms with Crippen LogP contribution in [0.25, 0.3) is 15.6 Å². The second kappa shape index (κ2) is 7.07. The largest absolute Gasteiger partial charge is 0.260 e. The highest BCUT2D eigenvalue weighted by Gasteiger charge is 2.05. The molecule has 0 amide bonds. The molecule has 0 atom stereocenters. The second-order valence-corrected chi connectivity index (χ2v) is 5.87. The van der Waals surface area contributed by atoms with Gasteiger partial charge in [0.1, 0.15) is 0 Å². The highest BCUT2D eigenvalue weighted by Crippen LogP contribution is 2.25. The first-order valence-corrected chi connectivity index (χ1v) is 8.13. The van der Waals surface area contributed by atoms with Crippen molar-refractivity contribution in [3.8, 4) is 0 Å². The molecule has 1 heterocycles. The van der Waals surface area contributed by atoms with Crippen LogP contribution in [0.15, 0.2) is 54.7 Å². The number of hydrogen-bond donors (Lipinski definition) is 0. The van der Waals surface area contributed by atoms with E-state index >= 15 is 0 Å². The third-order valence-electron chi connectivity index (χ3n) is 4.17. The number of aromatic nitrogens is 1. The third-order valence-corrected chi connectivity index (χ3v) is 4.17. The molecule has 0 N–H and O–H groups in total. The van der Waals surface area contributed by atoms with Gasteiger partial charge in [-0.05, 0) is 46.9 Å². The molecular formula is C21H20N2. The highest BCUT2D eigenvalue weighted by molar-refractivity contribution is 5.87. The smallest absolute Gasteiger partial charge is 0.187 e. The Bertz CT molecular complexity index is 842. The lowest BCUT2D eigenvalue weighted by molar-refractivity contribution is 0.794. The molecular weight excluding hydrogens is 280 g/mol. The standard InChI is InChI=1S/C21H20N2/c1-3-4-5-16-6-8-17(9-7-16)14-21-20-15-19(22-2)11-10-18(20)12-13-23-21/h6-13,15H,3-5,14H2,1H3. The molecule has 114 valence electrons. The average Bonchev–Trinajstić information content (AvgIpc) is 2.61. The van der Waals surface area contributed by atoms with Crippen molar-refractivity contribution < 1.29 is 0 Å². The molecule has 23 heavy (non-hydrogen) atoms. The van der Waals surface area contributed by atoms with Crippen molar-refractivity contribution in [3.63, 3.8) is 0 Å². The summed E-state index contributed by atoms with van der Waals surface area (Å²) < 4.78 is 0. The van der Waals surface area contributed by atoms with Crippen LogP contribution in [0.2, 0.25) is 0 Å². The molecule has 0 saturated heterocycles. The van der Waals surface area contributed by atoms with Gasteiger partial charge < -0.3 is 0 Å². The van der Waals surface area contributed by atoms with E-state index in [1.807, 2.05) is 30.5 Å². The van der Waals surface area contributed by atoms with Crippen molar-refractivity contribution in [1.82, 2.24) is 4.98 Å². The van der Waals surface area contributed by atoms with E-state index in [0.29, 0.717) is 5.69 Å². The van der Waals surface area contributed by atoms with Crippen molar-refractivity contribution >= 4 is 16.5 Å². The lowest BCUT2D eigenvalue weighted by atomic mass is 10.0. The number of fused-ring (bicyclic) bond motifs is 1. The number of rotatable bonds is 5. The van der Waals surface area contributed by atoms with E-state index in [9.17, 15) is 0 Å². The van der Waals surface area contributed by atoms with Crippen LogP contribution in [0.3, 0.4) is 0 Å². The number of nitrogens with zero attached hydrogens (tertiary/aromatic N) is 2. The van der Waals surface area contributed by atoms with E-state index in [4.69, 9.17) is 6.57 Å². The van der Waals surface area contributed by atoms with Crippen LogP contribution < -0.4 is 0 Å². The zero-order valence-corrected chi connectivity index (χ0v) is 13.4. The fourth-order valence-corrected chi connectivity index (χ4v) is 2.83. The number of unbranched alkanes of at least 4 members (excludes halogenated alkanes) is 1. The Morgan fingerprint density at radius 3 is 2.52 bits per heavy atom. The summed E-state index contributed by atoms with van der Waals surface area (Å²) in [4.78, 5) is 8.08. The fraction of sp³-hybridized carbons (Fsp3) is 0.238. The number of benzene rings is 2. The maximum Gasteiger partial charge on any atom is 0.187 e. The van der Waals surface area contributed by atoms with E-state index in [0.717, 1.165) is 29.3 Å². The zero-order valence-electron chi connectivity index (χ0n) is 13.4. The Balaban J connectivity index is 1.87. The maximum atomic E-state index is 7.19. The van der Waals surface area contributed by atoms with E-state index in [1.54, 1.807) is 0 Å². The molecule has 0 spiro atoms. The van der Waals surface area contributed by atoms with E-state index in [-0.39, 0.29) is 0 Å². The van der Waals surface area contributed by atoms with Crippen LogP contribution in [0.4, 0.5) is 5.69 Å². The summed E-state index contributed by atoms with van der Waals surface area (Å²) in [5.41, 5.74) is 4.37. The topological polar surface area (TPSA) is 17.2 Å². The normalized spacial score (nSPS) is 10.6. The Morgan fingerprint density at radius 2 is 1.78 bits per heavy atom. The van der Waals surface area contributed by atoms with Gasteiger partial charge in [0, 0.05) is 12.6 Å². The van der Waals surface area contributed by atoms with Gasteiger partial charge in [-0.1, -0.05) is 49.7 Å². The number of hydrogen-bond acceptors (Lipinski definition) is 1. The van der Waals surface area contributed by atoms with E-state index in [2.05, 4.69) is 41.0 Å². The van der Waals surface area contributed by atoms with E-state index < -0.39 is 0 Å². The predicted molar refractivity (Wildman–Crippen MR) is 95.9 cm³/mol. The van der Waals surface area contributed by atoms with Crippen molar-refractivity contribution in [2.24, 2.45) is 0 Å².